The zero-order valence-corrected chi connectivity index (χ0v) is 6.90. The van der Waals surface area contributed by atoms with Crippen molar-refractivity contribution < 1.29 is 5.11 Å². The van der Waals surface area contributed by atoms with Crippen LogP contribution in [0.2, 0.25) is 0 Å². The lowest BCUT2D eigenvalue weighted by atomic mass is 10.1. The minimum atomic E-state index is 0. The Bertz CT molecular complexity index is 200. The van der Waals surface area contributed by atoms with E-state index >= 15 is 0 Å². The molecule has 0 saturated carbocycles. The van der Waals surface area contributed by atoms with Crippen molar-refractivity contribution in [3.05, 3.63) is 29.3 Å². The van der Waals surface area contributed by atoms with E-state index in [1.54, 1.807) is 6.07 Å². The summed E-state index contributed by atoms with van der Waals surface area (Å²) in [5.41, 5.74) is 2.10. The standard InChI is InChI=1S/C8H10O.S/c1-6-4-3-5-8(9)7(6)2;/h3-5,9H,1-2H3;. The van der Waals surface area contributed by atoms with Crippen molar-refractivity contribution >= 4 is 13.5 Å². The monoisotopic (exact) mass is 154 g/mol. The van der Waals surface area contributed by atoms with Gasteiger partial charge < -0.3 is 5.11 Å². The van der Waals surface area contributed by atoms with Crippen LogP contribution in [0.1, 0.15) is 11.1 Å². The highest BCUT2D eigenvalue weighted by atomic mass is 32.1. The molecule has 0 atom stereocenters. The van der Waals surface area contributed by atoms with E-state index in [0.29, 0.717) is 5.75 Å². The van der Waals surface area contributed by atoms with Gasteiger partial charge in [-0.3, -0.25) is 0 Å². The van der Waals surface area contributed by atoms with Crippen LogP contribution in [0.15, 0.2) is 18.2 Å². The van der Waals surface area contributed by atoms with Gasteiger partial charge in [-0.05, 0) is 31.0 Å². The molecule has 1 N–H and O–H groups in total. The summed E-state index contributed by atoms with van der Waals surface area (Å²) < 4.78 is 0. The molecule has 2 radical (unpaired) electrons. The molecule has 0 amide bonds. The Morgan fingerprint density at radius 1 is 1.20 bits per heavy atom. The number of phenolic OH excluding ortho intramolecular Hbond substituents is 1. The minimum Gasteiger partial charge on any atom is -0.508 e. The van der Waals surface area contributed by atoms with Crippen LogP contribution in [0, 0.1) is 13.8 Å². The predicted molar refractivity (Wildman–Crippen MR) is 45.2 cm³/mol. The third kappa shape index (κ3) is 1.67. The number of hydrogen-bond donors (Lipinski definition) is 1. The molecule has 0 fully saturated rings. The van der Waals surface area contributed by atoms with Gasteiger partial charge in [-0.1, -0.05) is 12.1 Å². The summed E-state index contributed by atoms with van der Waals surface area (Å²) in [5, 5.41) is 9.10. The Hall–Kier alpha value is -0.630. The van der Waals surface area contributed by atoms with Crippen LogP contribution < -0.4 is 0 Å². The summed E-state index contributed by atoms with van der Waals surface area (Å²) in [6, 6.07) is 5.52. The van der Waals surface area contributed by atoms with Gasteiger partial charge in [-0.25, -0.2) is 0 Å². The number of rotatable bonds is 0. The van der Waals surface area contributed by atoms with Crippen LogP contribution in [0.25, 0.3) is 0 Å². The molecule has 10 heavy (non-hydrogen) atoms. The molecule has 0 heterocycles. The van der Waals surface area contributed by atoms with E-state index in [1.807, 2.05) is 26.0 Å². The first-order valence-electron chi connectivity index (χ1n) is 2.97. The van der Waals surface area contributed by atoms with Crippen LogP contribution in [-0.2, 0) is 0 Å². The Balaban J connectivity index is 0.000000810. The number of phenols is 1. The van der Waals surface area contributed by atoms with Gasteiger partial charge >= 0.3 is 0 Å². The van der Waals surface area contributed by atoms with Crippen LogP contribution >= 0.6 is 13.5 Å². The zero-order chi connectivity index (χ0) is 6.85. The Morgan fingerprint density at radius 2 is 1.80 bits per heavy atom. The number of aryl methyl sites for hydroxylation is 1. The van der Waals surface area contributed by atoms with E-state index in [-0.39, 0.29) is 13.5 Å². The van der Waals surface area contributed by atoms with Crippen molar-refractivity contribution in [3.63, 3.8) is 0 Å². The SMILES string of the molecule is Cc1cccc(O)c1C.[S]. The maximum Gasteiger partial charge on any atom is 0.118 e. The summed E-state index contributed by atoms with van der Waals surface area (Å²) in [5.74, 6) is 0.384. The Morgan fingerprint density at radius 3 is 2.20 bits per heavy atom. The molecule has 0 aliphatic rings. The van der Waals surface area contributed by atoms with E-state index in [9.17, 15) is 0 Å². The first kappa shape index (κ1) is 9.37. The quantitative estimate of drug-likeness (QED) is 0.609. The van der Waals surface area contributed by atoms with Crippen LogP contribution in [0.4, 0.5) is 0 Å². The molecule has 1 rings (SSSR count). The highest BCUT2D eigenvalue weighted by molar-refractivity contribution is 7.59. The average Bonchev–Trinajstić information content (AvgIpc) is 1.83. The molecule has 0 aliphatic carbocycles. The summed E-state index contributed by atoms with van der Waals surface area (Å²) in [7, 11) is 0. The summed E-state index contributed by atoms with van der Waals surface area (Å²) in [4.78, 5) is 0. The lowest BCUT2D eigenvalue weighted by Gasteiger charge is -1.99. The van der Waals surface area contributed by atoms with Gasteiger partial charge in [-0.15, -0.1) is 0 Å². The summed E-state index contributed by atoms with van der Waals surface area (Å²) in [6.07, 6.45) is 0. The van der Waals surface area contributed by atoms with Gasteiger partial charge in [0, 0.05) is 13.5 Å². The van der Waals surface area contributed by atoms with Crippen molar-refractivity contribution in [2.45, 2.75) is 13.8 Å². The topological polar surface area (TPSA) is 20.2 Å². The zero-order valence-electron chi connectivity index (χ0n) is 6.09. The third-order valence-electron chi connectivity index (χ3n) is 1.58. The van der Waals surface area contributed by atoms with Crippen molar-refractivity contribution in [3.8, 4) is 5.75 Å². The second kappa shape index (κ2) is 3.52. The van der Waals surface area contributed by atoms with E-state index in [4.69, 9.17) is 5.11 Å². The lowest BCUT2D eigenvalue weighted by molar-refractivity contribution is 0.470. The highest BCUT2D eigenvalue weighted by Crippen LogP contribution is 2.17. The molecule has 0 spiro atoms. The molecule has 0 saturated heterocycles. The van der Waals surface area contributed by atoms with Crippen molar-refractivity contribution in [1.29, 1.82) is 0 Å². The smallest absolute Gasteiger partial charge is 0.118 e. The molecule has 0 unspecified atom stereocenters. The van der Waals surface area contributed by atoms with E-state index in [0.717, 1.165) is 11.1 Å². The molecule has 0 bridgehead atoms. The average molecular weight is 154 g/mol. The lowest BCUT2D eigenvalue weighted by Crippen LogP contribution is -1.78. The fraction of sp³-hybridized carbons (Fsp3) is 0.250. The second-order valence-electron chi connectivity index (χ2n) is 2.22. The number of aromatic hydroxyl groups is 1. The van der Waals surface area contributed by atoms with Crippen molar-refractivity contribution in [1.82, 2.24) is 0 Å². The van der Waals surface area contributed by atoms with Gasteiger partial charge in [0.2, 0.25) is 0 Å². The molecule has 1 nitrogen and oxygen atoms in total. The normalized spacial score (nSPS) is 8.60. The fourth-order valence-corrected chi connectivity index (χ4v) is 0.736. The van der Waals surface area contributed by atoms with Gasteiger partial charge in [0.1, 0.15) is 5.75 Å². The largest absolute Gasteiger partial charge is 0.508 e. The summed E-state index contributed by atoms with van der Waals surface area (Å²) >= 11 is 0. The molecule has 1 aromatic carbocycles. The van der Waals surface area contributed by atoms with Gasteiger partial charge in [0.05, 0.1) is 0 Å². The fourth-order valence-electron chi connectivity index (χ4n) is 0.736. The minimum absolute atomic E-state index is 0. The third-order valence-corrected chi connectivity index (χ3v) is 1.58. The molecular formula is C8H10OS. The Kier molecular flexibility index (Phi) is 3.30. The molecule has 0 aromatic heterocycles. The molecule has 54 valence electrons. The highest BCUT2D eigenvalue weighted by Gasteiger charge is 1.94. The molecule has 0 aliphatic heterocycles. The molecule has 2 heteroatoms. The van der Waals surface area contributed by atoms with Crippen LogP contribution in [0.5, 0.6) is 5.75 Å². The maximum atomic E-state index is 9.10. The molecule has 1 aromatic rings. The first-order valence-corrected chi connectivity index (χ1v) is 2.97. The number of hydrogen-bond acceptors (Lipinski definition) is 1. The van der Waals surface area contributed by atoms with Crippen molar-refractivity contribution in [2.24, 2.45) is 0 Å². The van der Waals surface area contributed by atoms with Gasteiger partial charge in [0.15, 0.2) is 0 Å². The van der Waals surface area contributed by atoms with Crippen LogP contribution in [0.3, 0.4) is 0 Å². The van der Waals surface area contributed by atoms with Crippen molar-refractivity contribution in [2.75, 3.05) is 0 Å². The van der Waals surface area contributed by atoms with Gasteiger partial charge in [-0.2, -0.15) is 0 Å². The first-order chi connectivity index (χ1) is 4.22. The van der Waals surface area contributed by atoms with E-state index in [2.05, 4.69) is 0 Å². The summed E-state index contributed by atoms with van der Waals surface area (Å²) in [6.45, 7) is 3.89. The second-order valence-corrected chi connectivity index (χ2v) is 2.22. The maximum absolute atomic E-state index is 9.10. The number of benzene rings is 1. The van der Waals surface area contributed by atoms with E-state index in [1.165, 1.54) is 0 Å². The predicted octanol–water partition coefficient (Wildman–Crippen LogP) is 2.66. The van der Waals surface area contributed by atoms with Gasteiger partial charge in [0.25, 0.3) is 0 Å². The molecular weight excluding hydrogens is 144 g/mol. The van der Waals surface area contributed by atoms with Crippen LogP contribution in [-0.4, -0.2) is 5.11 Å². The Labute approximate surface area is 68.1 Å². The van der Waals surface area contributed by atoms with E-state index < -0.39 is 0 Å².